The average molecular weight is 152 g/mol. The van der Waals surface area contributed by atoms with Crippen molar-refractivity contribution in [3.63, 3.8) is 0 Å². The first-order valence-corrected chi connectivity index (χ1v) is 4.27. The molecule has 1 aliphatic carbocycles. The fourth-order valence-electron chi connectivity index (χ4n) is 1.30. The standard InChI is InChI=1S/C10H16O/c1-11-9-10-7-5-3-2-4-6-8-10/h3,5,7H,2,4,6,8-9H2,1H3. The predicted octanol–water partition coefficient (Wildman–Crippen LogP) is 2.69. The summed E-state index contributed by atoms with van der Waals surface area (Å²) in [6.45, 7) is 0.796. The van der Waals surface area contributed by atoms with Crippen LogP contribution in [0.2, 0.25) is 0 Å². The van der Waals surface area contributed by atoms with Gasteiger partial charge in [-0.3, -0.25) is 0 Å². The van der Waals surface area contributed by atoms with E-state index < -0.39 is 0 Å². The average Bonchev–Trinajstić information content (AvgIpc) is 1.94. The molecule has 0 atom stereocenters. The van der Waals surface area contributed by atoms with Crippen LogP contribution in [0.5, 0.6) is 0 Å². The van der Waals surface area contributed by atoms with Crippen molar-refractivity contribution in [2.24, 2.45) is 0 Å². The van der Waals surface area contributed by atoms with Gasteiger partial charge in [-0.2, -0.15) is 0 Å². The molecule has 0 fully saturated rings. The largest absolute Gasteiger partial charge is 0.380 e. The van der Waals surface area contributed by atoms with Crippen molar-refractivity contribution in [1.82, 2.24) is 0 Å². The summed E-state index contributed by atoms with van der Waals surface area (Å²) in [5.74, 6) is 0. The summed E-state index contributed by atoms with van der Waals surface area (Å²) in [7, 11) is 1.75. The Balaban J connectivity index is 2.44. The van der Waals surface area contributed by atoms with Gasteiger partial charge in [-0.1, -0.05) is 18.2 Å². The Bertz CT molecular complexity index is 156. The third-order valence-corrected chi connectivity index (χ3v) is 1.92. The molecule has 0 bridgehead atoms. The Morgan fingerprint density at radius 1 is 1.45 bits per heavy atom. The zero-order valence-corrected chi connectivity index (χ0v) is 7.18. The molecule has 0 aromatic rings. The number of methoxy groups -OCH3 is 1. The molecule has 1 rings (SSSR count). The van der Waals surface area contributed by atoms with Crippen molar-refractivity contribution >= 4 is 0 Å². The van der Waals surface area contributed by atoms with Gasteiger partial charge in [-0.25, -0.2) is 0 Å². The van der Waals surface area contributed by atoms with Gasteiger partial charge >= 0.3 is 0 Å². The van der Waals surface area contributed by atoms with Crippen molar-refractivity contribution in [1.29, 1.82) is 0 Å². The van der Waals surface area contributed by atoms with E-state index in [9.17, 15) is 0 Å². The highest BCUT2D eigenvalue weighted by Crippen LogP contribution is 2.12. The monoisotopic (exact) mass is 152 g/mol. The molecule has 0 aromatic heterocycles. The molecule has 1 aliphatic rings. The smallest absolute Gasteiger partial charge is 0.0676 e. The SMILES string of the molecule is COCC1=CC=CCCCC1. The lowest BCUT2D eigenvalue weighted by molar-refractivity contribution is 0.222. The van der Waals surface area contributed by atoms with Gasteiger partial charge in [0.25, 0.3) is 0 Å². The molecule has 1 nitrogen and oxygen atoms in total. The van der Waals surface area contributed by atoms with Gasteiger partial charge in [0.2, 0.25) is 0 Å². The molecule has 11 heavy (non-hydrogen) atoms. The molecule has 0 N–H and O–H groups in total. The Kier molecular flexibility index (Phi) is 3.99. The van der Waals surface area contributed by atoms with Crippen LogP contribution in [0.4, 0.5) is 0 Å². The van der Waals surface area contributed by atoms with Gasteiger partial charge in [0.1, 0.15) is 0 Å². The molecule has 1 heteroatoms. The number of hydrogen-bond acceptors (Lipinski definition) is 1. The van der Waals surface area contributed by atoms with Crippen molar-refractivity contribution in [2.45, 2.75) is 25.7 Å². The number of ether oxygens (including phenoxy) is 1. The Hall–Kier alpha value is -0.560. The Morgan fingerprint density at radius 2 is 2.36 bits per heavy atom. The van der Waals surface area contributed by atoms with Gasteiger partial charge in [-0.15, -0.1) is 0 Å². The Morgan fingerprint density at radius 3 is 3.18 bits per heavy atom. The molecule has 0 saturated heterocycles. The second kappa shape index (κ2) is 5.14. The summed E-state index contributed by atoms with van der Waals surface area (Å²) in [6.07, 6.45) is 11.6. The highest BCUT2D eigenvalue weighted by molar-refractivity contribution is 5.14. The third-order valence-electron chi connectivity index (χ3n) is 1.92. The molecule has 0 unspecified atom stereocenters. The summed E-state index contributed by atoms with van der Waals surface area (Å²) in [4.78, 5) is 0. The van der Waals surface area contributed by atoms with Crippen molar-refractivity contribution in [2.75, 3.05) is 13.7 Å². The van der Waals surface area contributed by atoms with E-state index in [1.165, 1.54) is 31.3 Å². The molecule has 0 aliphatic heterocycles. The lowest BCUT2D eigenvalue weighted by Crippen LogP contribution is -1.95. The summed E-state index contributed by atoms with van der Waals surface area (Å²) in [5, 5.41) is 0. The van der Waals surface area contributed by atoms with Crippen LogP contribution in [-0.4, -0.2) is 13.7 Å². The molecule has 62 valence electrons. The van der Waals surface area contributed by atoms with E-state index in [4.69, 9.17) is 4.74 Å². The molecule has 0 saturated carbocycles. The zero-order chi connectivity index (χ0) is 7.94. The first-order chi connectivity index (χ1) is 5.43. The topological polar surface area (TPSA) is 9.23 Å². The minimum Gasteiger partial charge on any atom is -0.380 e. The van der Waals surface area contributed by atoms with Crippen LogP contribution >= 0.6 is 0 Å². The maximum absolute atomic E-state index is 5.08. The maximum atomic E-state index is 5.08. The molecule has 0 amide bonds. The highest BCUT2D eigenvalue weighted by atomic mass is 16.5. The first-order valence-electron chi connectivity index (χ1n) is 4.27. The lowest BCUT2D eigenvalue weighted by Gasteiger charge is -2.06. The van der Waals surface area contributed by atoms with E-state index >= 15 is 0 Å². The molecule has 0 spiro atoms. The number of allylic oxidation sites excluding steroid dienone is 3. The van der Waals surface area contributed by atoms with E-state index in [-0.39, 0.29) is 0 Å². The van der Waals surface area contributed by atoms with Crippen LogP contribution < -0.4 is 0 Å². The van der Waals surface area contributed by atoms with Gasteiger partial charge < -0.3 is 4.74 Å². The summed E-state index contributed by atoms with van der Waals surface area (Å²) < 4.78 is 5.08. The van der Waals surface area contributed by atoms with Crippen LogP contribution in [0, 0.1) is 0 Å². The quantitative estimate of drug-likeness (QED) is 0.591. The van der Waals surface area contributed by atoms with Crippen LogP contribution in [0.25, 0.3) is 0 Å². The summed E-state index contributed by atoms with van der Waals surface area (Å²) >= 11 is 0. The normalized spacial score (nSPS) is 18.8. The zero-order valence-electron chi connectivity index (χ0n) is 7.18. The van der Waals surface area contributed by atoms with E-state index in [1.807, 2.05) is 0 Å². The predicted molar refractivity (Wildman–Crippen MR) is 47.6 cm³/mol. The first kappa shape index (κ1) is 8.54. The second-order valence-corrected chi connectivity index (χ2v) is 2.93. The highest BCUT2D eigenvalue weighted by Gasteiger charge is 1.97. The molecule has 0 radical (unpaired) electrons. The molecule has 0 aromatic carbocycles. The van der Waals surface area contributed by atoms with Crippen LogP contribution in [-0.2, 0) is 4.74 Å². The van der Waals surface area contributed by atoms with Gasteiger partial charge in [0, 0.05) is 7.11 Å². The molecular formula is C10H16O. The third kappa shape index (κ3) is 3.38. The number of rotatable bonds is 2. The number of hydrogen-bond donors (Lipinski definition) is 0. The van der Waals surface area contributed by atoms with Crippen LogP contribution in [0.15, 0.2) is 23.8 Å². The minimum atomic E-state index is 0.796. The van der Waals surface area contributed by atoms with E-state index in [2.05, 4.69) is 18.2 Å². The Labute approximate surface area is 68.8 Å². The summed E-state index contributed by atoms with van der Waals surface area (Å²) in [5.41, 5.74) is 1.42. The molecular weight excluding hydrogens is 136 g/mol. The van der Waals surface area contributed by atoms with Crippen LogP contribution in [0.1, 0.15) is 25.7 Å². The maximum Gasteiger partial charge on any atom is 0.0676 e. The van der Waals surface area contributed by atoms with Gasteiger partial charge in [0.05, 0.1) is 6.61 Å². The molecule has 0 heterocycles. The summed E-state index contributed by atoms with van der Waals surface area (Å²) in [6, 6.07) is 0. The van der Waals surface area contributed by atoms with Gasteiger partial charge in [-0.05, 0) is 31.3 Å². The van der Waals surface area contributed by atoms with Crippen molar-refractivity contribution < 1.29 is 4.74 Å². The minimum absolute atomic E-state index is 0.796. The lowest BCUT2D eigenvalue weighted by atomic mass is 10.0. The fraction of sp³-hybridized carbons (Fsp3) is 0.600. The fourth-order valence-corrected chi connectivity index (χ4v) is 1.30. The van der Waals surface area contributed by atoms with Crippen molar-refractivity contribution in [3.05, 3.63) is 23.8 Å². The van der Waals surface area contributed by atoms with E-state index in [0.717, 1.165) is 6.61 Å². The van der Waals surface area contributed by atoms with E-state index in [0.29, 0.717) is 0 Å². The second-order valence-electron chi connectivity index (χ2n) is 2.93. The van der Waals surface area contributed by atoms with E-state index in [1.54, 1.807) is 7.11 Å². The van der Waals surface area contributed by atoms with Crippen LogP contribution in [0.3, 0.4) is 0 Å². The van der Waals surface area contributed by atoms with Crippen molar-refractivity contribution in [3.8, 4) is 0 Å². The van der Waals surface area contributed by atoms with Gasteiger partial charge in [0.15, 0.2) is 0 Å².